The Morgan fingerprint density at radius 3 is 2.76 bits per heavy atom. The Balaban J connectivity index is 2.20. The molecule has 3 nitrogen and oxygen atoms in total. The topological polar surface area (TPSA) is 32.3 Å². The summed E-state index contributed by atoms with van der Waals surface area (Å²) in [6, 6.07) is -0.0704. The van der Waals surface area contributed by atoms with Gasteiger partial charge in [-0.3, -0.25) is 0 Å². The number of nitrogens with one attached hydrogen (secondary N) is 1. The monoisotopic (exact) mass is 270 g/mol. The molecule has 0 radical (unpaired) electrons. The lowest BCUT2D eigenvalue weighted by Gasteiger charge is -2.33. The number of hydrogen-bond acceptors (Lipinski definition) is 2. The van der Waals surface area contributed by atoms with E-state index in [0.29, 0.717) is 6.54 Å². The highest BCUT2D eigenvalue weighted by atomic mass is 32.2. The van der Waals surface area contributed by atoms with Crippen LogP contribution in [0.15, 0.2) is 0 Å². The summed E-state index contributed by atoms with van der Waals surface area (Å²) in [4.78, 5) is 13.4. The van der Waals surface area contributed by atoms with Gasteiger partial charge in [-0.2, -0.15) is 13.2 Å². The van der Waals surface area contributed by atoms with Gasteiger partial charge < -0.3 is 10.2 Å². The highest BCUT2D eigenvalue weighted by Gasteiger charge is 2.28. The van der Waals surface area contributed by atoms with Crippen LogP contribution in [0.1, 0.15) is 26.2 Å². The molecular formula is C10H17F3N2OS. The first-order valence-corrected chi connectivity index (χ1v) is 6.64. The van der Waals surface area contributed by atoms with Gasteiger partial charge in [0.15, 0.2) is 0 Å². The second-order valence-electron chi connectivity index (χ2n) is 4.06. The Morgan fingerprint density at radius 1 is 1.47 bits per heavy atom. The van der Waals surface area contributed by atoms with Crippen molar-refractivity contribution in [3.63, 3.8) is 0 Å². The minimum atomic E-state index is -4.22. The number of hydrogen-bond donors (Lipinski definition) is 1. The number of likely N-dealkylation sites (tertiary alicyclic amines) is 1. The highest BCUT2D eigenvalue weighted by Crippen LogP contribution is 2.29. The molecule has 7 heteroatoms. The van der Waals surface area contributed by atoms with Crippen molar-refractivity contribution < 1.29 is 18.0 Å². The Kier molecular flexibility index (Phi) is 5.42. The fourth-order valence-corrected chi connectivity index (χ4v) is 2.26. The highest BCUT2D eigenvalue weighted by molar-refractivity contribution is 8.00. The molecule has 0 saturated carbocycles. The summed E-state index contributed by atoms with van der Waals surface area (Å²) < 4.78 is 35.5. The first kappa shape index (κ1) is 14.5. The van der Waals surface area contributed by atoms with E-state index in [-0.39, 0.29) is 36.1 Å². The van der Waals surface area contributed by atoms with Crippen molar-refractivity contribution in [3.05, 3.63) is 0 Å². The van der Waals surface area contributed by atoms with Crippen LogP contribution in [0.25, 0.3) is 0 Å². The maximum absolute atomic E-state index is 11.8. The van der Waals surface area contributed by atoms with Gasteiger partial charge in [-0.05, 0) is 37.9 Å². The van der Waals surface area contributed by atoms with Crippen LogP contribution < -0.4 is 5.32 Å². The van der Waals surface area contributed by atoms with E-state index >= 15 is 0 Å². The number of rotatable bonds is 3. The molecular weight excluding hydrogens is 253 g/mol. The fourth-order valence-electron chi connectivity index (χ4n) is 1.83. The molecule has 1 saturated heterocycles. The summed E-state index contributed by atoms with van der Waals surface area (Å²) in [6.45, 7) is 2.70. The number of amides is 2. The van der Waals surface area contributed by atoms with Crippen LogP contribution in [0.4, 0.5) is 18.0 Å². The maximum atomic E-state index is 11.8. The molecule has 0 aromatic heterocycles. The SMILES string of the molecule is C[C@H]1CCCCN1C(=O)NCCSC(F)(F)F. The van der Waals surface area contributed by atoms with Crippen molar-refractivity contribution in [2.45, 2.75) is 37.7 Å². The van der Waals surface area contributed by atoms with Crippen molar-refractivity contribution in [2.75, 3.05) is 18.8 Å². The molecule has 1 heterocycles. The van der Waals surface area contributed by atoms with Gasteiger partial charge in [0.1, 0.15) is 0 Å². The van der Waals surface area contributed by atoms with Gasteiger partial charge >= 0.3 is 11.5 Å². The van der Waals surface area contributed by atoms with E-state index in [1.54, 1.807) is 4.90 Å². The first-order chi connectivity index (χ1) is 7.90. The lowest BCUT2D eigenvalue weighted by atomic mass is 10.0. The largest absolute Gasteiger partial charge is 0.441 e. The molecule has 1 N–H and O–H groups in total. The Hall–Kier alpha value is -0.590. The molecule has 1 aliphatic rings. The van der Waals surface area contributed by atoms with Gasteiger partial charge in [-0.1, -0.05) is 0 Å². The van der Waals surface area contributed by atoms with E-state index in [2.05, 4.69) is 5.32 Å². The van der Waals surface area contributed by atoms with E-state index < -0.39 is 5.51 Å². The van der Waals surface area contributed by atoms with Crippen LogP contribution in [-0.2, 0) is 0 Å². The molecule has 0 bridgehead atoms. The number of urea groups is 1. The third-order valence-electron chi connectivity index (χ3n) is 2.71. The Bertz CT molecular complexity index is 260. The second-order valence-corrected chi connectivity index (χ2v) is 5.22. The number of thioether (sulfide) groups is 1. The lowest BCUT2D eigenvalue weighted by molar-refractivity contribution is -0.0327. The predicted molar refractivity (Wildman–Crippen MR) is 61.9 cm³/mol. The minimum absolute atomic E-state index is 0.0478. The van der Waals surface area contributed by atoms with Crippen LogP contribution in [-0.4, -0.2) is 41.3 Å². The molecule has 1 aliphatic heterocycles. The molecule has 0 aromatic rings. The summed E-state index contributed by atoms with van der Waals surface area (Å²) in [6.07, 6.45) is 3.04. The number of halogens is 3. The predicted octanol–water partition coefficient (Wildman–Crippen LogP) is 2.82. The van der Waals surface area contributed by atoms with Crippen molar-refractivity contribution in [3.8, 4) is 0 Å². The van der Waals surface area contributed by atoms with Gasteiger partial charge in [-0.25, -0.2) is 4.79 Å². The van der Waals surface area contributed by atoms with E-state index in [1.165, 1.54) is 0 Å². The van der Waals surface area contributed by atoms with Crippen molar-refractivity contribution in [2.24, 2.45) is 0 Å². The standard InChI is InChI=1S/C10H17F3N2OS/c1-8-4-2-3-6-15(8)9(16)14-5-7-17-10(11,12)13/h8H,2-7H2,1H3,(H,14,16)/t8-/m0/s1. The smallest absolute Gasteiger partial charge is 0.337 e. The van der Waals surface area contributed by atoms with Crippen molar-refractivity contribution >= 4 is 17.8 Å². The maximum Gasteiger partial charge on any atom is 0.441 e. The third-order valence-corrected chi connectivity index (χ3v) is 3.44. The van der Waals surface area contributed by atoms with Crippen LogP contribution in [0, 0.1) is 0 Å². The molecule has 17 heavy (non-hydrogen) atoms. The van der Waals surface area contributed by atoms with E-state index in [4.69, 9.17) is 0 Å². The Labute approximate surface area is 103 Å². The minimum Gasteiger partial charge on any atom is -0.337 e. The van der Waals surface area contributed by atoms with Crippen LogP contribution >= 0.6 is 11.8 Å². The van der Waals surface area contributed by atoms with E-state index in [9.17, 15) is 18.0 Å². The molecule has 1 fully saturated rings. The van der Waals surface area contributed by atoms with E-state index in [1.807, 2.05) is 6.92 Å². The third kappa shape index (κ3) is 5.52. The zero-order valence-corrected chi connectivity index (χ0v) is 10.5. The van der Waals surface area contributed by atoms with Gasteiger partial charge in [0, 0.05) is 24.9 Å². The quantitative estimate of drug-likeness (QED) is 0.800. The molecule has 1 rings (SSSR count). The van der Waals surface area contributed by atoms with Gasteiger partial charge in [0.2, 0.25) is 0 Å². The van der Waals surface area contributed by atoms with Crippen LogP contribution in [0.2, 0.25) is 0 Å². The number of carbonyl (C=O) groups excluding carboxylic acids is 1. The van der Waals surface area contributed by atoms with Crippen molar-refractivity contribution in [1.82, 2.24) is 10.2 Å². The fraction of sp³-hybridized carbons (Fsp3) is 0.900. The van der Waals surface area contributed by atoms with Gasteiger partial charge in [-0.15, -0.1) is 0 Å². The molecule has 0 aliphatic carbocycles. The number of carbonyl (C=O) groups is 1. The van der Waals surface area contributed by atoms with Gasteiger partial charge in [0.05, 0.1) is 0 Å². The van der Waals surface area contributed by atoms with Crippen LogP contribution in [0.5, 0.6) is 0 Å². The number of nitrogens with zero attached hydrogens (tertiary/aromatic N) is 1. The zero-order valence-electron chi connectivity index (χ0n) is 9.72. The average molecular weight is 270 g/mol. The molecule has 1 atom stereocenters. The van der Waals surface area contributed by atoms with Gasteiger partial charge in [0.25, 0.3) is 0 Å². The first-order valence-electron chi connectivity index (χ1n) is 5.65. The van der Waals surface area contributed by atoms with Crippen molar-refractivity contribution in [1.29, 1.82) is 0 Å². The summed E-state index contributed by atoms with van der Waals surface area (Å²) in [7, 11) is 0. The lowest BCUT2D eigenvalue weighted by Crippen LogP contribution is -2.47. The average Bonchev–Trinajstić information content (AvgIpc) is 2.23. The van der Waals surface area contributed by atoms with Crippen LogP contribution in [0.3, 0.4) is 0 Å². The molecule has 2 amide bonds. The normalized spacial score (nSPS) is 21.4. The molecule has 100 valence electrons. The summed E-state index contributed by atoms with van der Waals surface area (Å²) in [5, 5.41) is 2.52. The summed E-state index contributed by atoms with van der Waals surface area (Å²) in [5.41, 5.74) is -4.22. The molecule has 0 spiro atoms. The molecule has 0 unspecified atom stereocenters. The zero-order chi connectivity index (χ0) is 12.9. The number of piperidine rings is 1. The summed E-state index contributed by atoms with van der Waals surface area (Å²) in [5.74, 6) is -0.141. The van der Waals surface area contributed by atoms with E-state index in [0.717, 1.165) is 19.3 Å². The second kappa shape index (κ2) is 6.37. The molecule has 0 aromatic carbocycles. The summed E-state index contributed by atoms with van der Waals surface area (Å²) >= 11 is -0.110. The Morgan fingerprint density at radius 2 is 2.18 bits per heavy atom. The number of alkyl halides is 3.